The van der Waals surface area contributed by atoms with Crippen molar-refractivity contribution in [3.05, 3.63) is 0 Å². The topological polar surface area (TPSA) is 46.5 Å². The number of alkyl halides is 1. The van der Waals surface area contributed by atoms with Gasteiger partial charge in [-0.05, 0) is 27.2 Å². The fourth-order valence-electron chi connectivity index (χ4n) is 0.754. The van der Waals surface area contributed by atoms with Crippen molar-refractivity contribution in [1.82, 2.24) is 0 Å². The number of rotatable bonds is 4. The second-order valence-electron chi connectivity index (χ2n) is 3.93. The molecule has 0 radical (unpaired) electrons. The van der Waals surface area contributed by atoms with E-state index < -0.39 is 11.7 Å². The molecular weight excluding hydrogens is 192 g/mol. The van der Waals surface area contributed by atoms with E-state index in [1.807, 2.05) is 20.8 Å². The molecule has 4 heteroatoms. The number of aliphatic hydroxyl groups is 1. The SMILES string of the molecule is CC(C)(C)OC(=O)CC[C@H](O)CCl. The summed E-state index contributed by atoms with van der Waals surface area (Å²) in [7, 11) is 0. The molecule has 0 aromatic rings. The Hall–Kier alpha value is -0.280. The Kier molecular flexibility index (Phi) is 5.33. The van der Waals surface area contributed by atoms with Gasteiger partial charge < -0.3 is 9.84 Å². The van der Waals surface area contributed by atoms with E-state index in [1.165, 1.54) is 0 Å². The van der Waals surface area contributed by atoms with Gasteiger partial charge in [-0.25, -0.2) is 0 Å². The lowest BCUT2D eigenvalue weighted by Gasteiger charge is -2.19. The van der Waals surface area contributed by atoms with E-state index in [9.17, 15) is 4.79 Å². The largest absolute Gasteiger partial charge is 0.460 e. The zero-order valence-corrected chi connectivity index (χ0v) is 9.10. The van der Waals surface area contributed by atoms with Gasteiger partial charge in [0.25, 0.3) is 0 Å². The summed E-state index contributed by atoms with van der Waals surface area (Å²) in [6, 6.07) is 0. The zero-order valence-electron chi connectivity index (χ0n) is 8.34. The van der Waals surface area contributed by atoms with Gasteiger partial charge in [-0.3, -0.25) is 4.79 Å². The fourth-order valence-corrected chi connectivity index (χ4v) is 0.908. The van der Waals surface area contributed by atoms with Crippen LogP contribution in [0.5, 0.6) is 0 Å². The Balaban J connectivity index is 3.64. The first-order chi connectivity index (χ1) is 5.85. The van der Waals surface area contributed by atoms with Crippen molar-refractivity contribution in [2.24, 2.45) is 0 Å². The standard InChI is InChI=1S/C9H17ClO3/c1-9(2,3)13-8(12)5-4-7(11)6-10/h7,11H,4-6H2,1-3H3/t7-/m0/s1. The Morgan fingerprint density at radius 2 is 2.08 bits per heavy atom. The van der Waals surface area contributed by atoms with Gasteiger partial charge in [0.05, 0.1) is 6.10 Å². The third-order valence-electron chi connectivity index (χ3n) is 1.28. The lowest BCUT2D eigenvalue weighted by molar-refractivity contribution is -0.155. The molecule has 0 spiro atoms. The molecule has 0 fully saturated rings. The molecule has 0 aromatic heterocycles. The van der Waals surface area contributed by atoms with Crippen LogP contribution in [0.1, 0.15) is 33.6 Å². The number of carbonyl (C=O) groups excluding carboxylic acids is 1. The van der Waals surface area contributed by atoms with Crippen LogP contribution in [0, 0.1) is 0 Å². The predicted octanol–water partition coefficient (Wildman–Crippen LogP) is 1.71. The van der Waals surface area contributed by atoms with Crippen LogP contribution in [0.15, 0.2) is 0 Å². The normalized spacial score (nSPS) is 13.9. The van der Waals surface area contributed by atoms with Gasteiger partial charge in [-0.15, -0.1) is 11.6 Å². The summed E-state index contributed by atoms with van der Waals surface area (Å²) in [5.74, 6) is -0.139. The summed E-state index contributed by atoms with van der Waals surface area (Å²) in [5, 5.41) is 9.07. The van der Waals surface area contributed by atoms with Crippen LogP contribution in [-0.4, -0.2) is 28.7 Å². The van der Waals surface area contributed by atoms with Crippen molar-refractivity contribution in [3.8, 4) is 0 Å². The highest BCUT2D eigenvalue weighted by atomic mass is 35.5. The van der Waals surface area contributed by atoms with E-state index in [0.717, 1.165) is 0 Å². The molecule has 0 bridgehead atoms. The second-order valence-corrected chi connectivity index (χ2v) is 4.24. The third-order valence-corrected chi connectivity index (χ3v) is 1.64. The molecule has 1 N–H and O–H groups in total. The van der Waals surface area contributed by atoms with E-state index in [1.54, 1.807) is 0 Å². The van der Waals surface area contributed by atoms with Gasteiger partial charge in [-0.2, -0.15) is 0 Å². The Morgan fingerprint density at radius 3 is 2.46 bits per heavy atom. The lowest BCUT2D eigenvalue weighted by Crippen LogP contribution is -2.24. The molecule has 0 saturated carbocycles. The van der Waals surface area contributed by atoms with Crippen molar-refractivity contribution in [2.75, 3.05) is 5.88 Å². The monoisotopic (exact) mass is 208 g/mol. The van der Waals surface area contributed by atoms with Crippen LogP contribution in [0.4, 0.5) is 0 Å². The summed E-state index contributed by atoms with van der Waals surface area (Å²) < 4.78 is 5.04. The first-order valence-corrected chi connectivity index (χ1v) is 4.84. The number of halogens is 1. The third kappa shape index (κ3) is 8.06. The van der Waals surface area contributed by atoms with Crippen molar-refractivity contribution in [3.63, 3.8) is 0 Å². The number of ether oxygens (including phenoxy) is 1. The summed E-state index contributed by atoms with van der Waals surface area (Å²) in [6.07, 6.45) is -0.0435. The van der Waals surface area contributed by atoms with Gasteiger partial charge in [0.15, 0.2) is 0 Å². The fraction of sp³-hybridized carbons (Fsp3) is 0.889. The molecule has 0 unspecified atom stereocenters. The van der Waals surface area contributed by atoms with E-state index in [0.29, 0.717) is 6.42 Å². The number of carbonyl (C=O) groups is 1. The van der Waals surface area contributed by atoms with Crippen LogP contribution in [0.2, 0.25) is 0 Å². The first kappa shape index (κ1) is 12.7. The van der Waals surface area contributed by atoms with Gasteiger partial charge in [0, 0.05) is 12.3 Å². The van der Waals surface area contributed by atoms with Crippen LogP contribution in [0.3, 0.4) is 0 Å². The van der Waals surface area contributed by atoms with Crippen molar-refractivity contribution in [2.45, 2.75) is 45.3 Å². The smallest absolute Gasteiger partial charge is 0.306 e. The summed E-state index contributed by atoms with van der Waals surface area (Å²) >= 11 is 5.37. The Morgan fingerprint density at radius 1 is 1.54 bits per heavy atom. The molecule has 13 heavy (non-hydrogen) atoms. The number of esters is 1. The number of hydrogen-bond acceptors (Lipinski definition) is 3. The molecule has 0 aliphatic rings. The van der Waals surface area contributed by atoms with Crippen LogP contribution < -0.4 is 0 Å². The molecule has 0 amide bonds. The highest BCUT2D eigenvalue weighted by Crippen LogP contribution is 2.10. The lowest BCUT2D eigenvalue weighted by atomic mass is 10.2. The van der Waals surface area contributed by atoms with E-state index in [4.69, 9.17) is 21.4 Å². The quantitative estimate of drug-likeness (QED) is 0.565. The zero-order chi connectivity index (χ0) is 10.5. The summed E-state index contributed by atoms with van der Waals surface area (Å²) in [6.45, 7) is 5.43. The minimum Gasteiger partial charge on any atom is -0.460 e. The summed E-state index contributed by atoms with van der Waals surface area (Å²) in [4.78, 5) is 11.1. The molecule has 0 aromatic carbocycles. The highest BCUT2D eigenvalue weighted by molar-refractivity contribution is 6.18. The average Bonchev–Trinajstić information content (AvgIpc) is 1.97. The van der Waals surface area contributed by atoms with E-state index in [-0.39, 0.29) is 18.3 Å². The minimum absolute atomic E-state index is 0.156. The van der Waals surface area contributed by atoms with Crippen molar-refractivity contribution >= 4 is 17.6 Å². The molecule has 78 valence electrons. The van der Waals surface area contributed by atoms with Gasteiger partial charge in [0.1, 0.15) is 5.60 Å². The van der Waals surface area contributed by atoms with Crippen LogP contribution in [0.25, 0.3) is 0 Å². The maximum atomic E-state index is 11.1. The van der Waals surface area contributed by atoms with Gasteiger partial charge >= 0.3 is 5.97 Å². The predicted molar refractivity (Wildman–Crippen MR) is 51.8 cm³/mol. The summed E-state index contributed by atoms with van der Waals surface area (Å²) in [5.41, 5.74) is -0.455. The van der Waals surface area contributed by atoms with Crippen molar-refractivity contribution in [1.29, 1.82) is 0 Å². The average molecular weight is 209 g/mol. The first-order valence-electron chi connectivity index (χ1n) is 4.31. The van der Waals surface area contributed by atoms with E-state index >= 15 is 0 Å². The van der Waals surface area contributed by atoms with Gasteiger partial charge in [0.2, 0.25) is 0 Å². The Bertz CT molecular complexity index is 163. The molecule has 3 nitrogen and oxygen atoms in total. The molecule has 0 aliphatic carbocycles. The molecule has 0 rings (SSSR count). The maximum Gasteiger partial charge on any atom is 0.306 e. The molecule has 0 heterocycles. The van der Waals surface area contributed by atoms with E-state index in [2.05, 4.69) is 0 Å². The number of hydrogen-bond donors (Lipinski definition) is 1. The van der Waals surface area contributed by atoms with Crippen molar-refractivity contribution < 1.29 is 14.6 Å². The second kappa shape index (κ2) is 5.45. The maximum absolute atomic E-state index is 11.1. The molecule has 0 saturated heterocycles. The van der Waals surface area contributed by atoms with Crippen LogP contribution >= 0.6 is 11.6 Å². The molecule has 0 aliphatic heterocycles. The van der Waals surface area contributed by atoms with Gasteiger partial charge in [-0.1, -0.05) is 0 Å². The number of aliphatic hydroxyl groups excluding tert-OH is 1. The Labute approximate surface area is 84.0 Å². The minimum atomic E-state index is -0.616. The molecular formula is C9H17ClO3. The highest BCUT2D eigenvalue weighted by Gasteiger charge is 2.16. The van der Waals surface area contributed by atoms with Crippen LogP contribution in [-0.2, 0) is 9.53 Å². The molecule has 1 atom stereocenters.